The van der Waals surface area contributed by atoms with E-state index < -0.39 is 5.97 Å². The monoisotopic (exact) mass is 260 g/mol. The lowest BCUT2D eigenvalue weighted by Crippen LogP contribution is -2.02. The molecule has 1 N–H and O–H groups in total. The number of ether oxygens (including phenoxy) is 1. The third-order valence-corrected chi connectivity index (χ3v) is 2.60. The Morgan fingerprint density at radius 3 is 3.05 bits per heavy atom. The van der Waals surface area contributed by atoms with Crippen molar-refractivity contribution in [2.24, 2.45) is 0 Å². The molecule has 1 aromatic carbocycles. The summed E-state index contributed by atoms with van der Waals surface area (Å²) >= 11 is 0. The highest BCUT2D eigenvalue weighted by Gasteiger charge is 2.05. The van der Waals surface area contributed by atoms with Crippen LogP contribution in [-0.2, 0) is 6.54 Å². The molecule has 1 aromatic heterocycles. The molecule has 1 heterocycles. The van der Waals surface area contributed by atoms with Gasteiger partial charge in [0.25, 0.3) is 0 Å². The Bertz CT molecular complexity index is 563. The fourth-order valence-electron chi connectivity index (χ4n) is 1.72. The van der Waals surface area contributed by atoms with Gasteiger partial charge in [0.15, 0.2) is 5.75 Å². The molecule has 0 aliphatic rings. The highest BCUT2D eigenvalue weighted by molar-refractivity contribution is 5.87. The van der Waals surface area contributed by atoms with E-state index in [0.717, 1.165) is 17.7 Å². The normalized spacial score (nSPS) is 10.4. The number of carbonyl (C=O) groups is 1. The van der Waals surface area contributed by atoms with Crippen LogP contribution in [0, 0.1) is 0 Å². The minimum atomic E-state index is -0.922. The number of carboxylic acid groups (broad SMARTS) is 1. The molecule has 2 rings (SSSR count). The zero-order chi connectivity index (χ0) is 13.7. The van der Waals surface area contributed by atoms with Gasteiger partial charge in [-0.15, -0.1) is 0 Å². The SMILES string of the molecule is CCCOc1cnn(Cc2cccc(C(=O)O)c2)c1. The number of hydrogen-bond donors (Lipinski definition) is 1. The summed E-state index contributed by atoms with van der Waals surface area (Å²) in [7, 11) is 0. The topological polar surface area (TPSA) is 64.4 Å². The first-order valence-electron chi connectivity index (χ1n) is 6.16. The van der Waals surface area contributed by atoms with Crippen molar-refractivity contribution in [1.82, 2.24) is 9.78 Å². The van der Waals surface area contributed by atoms with Crippen molar-refractivity contribution in [3.05, 3.63) is 47.8 Å². The smallest absolute Gasteiger partial charge is 0.335 e. The van der Waals surface area contributed by atoms with Gasteiger partial charge < -0.3 is 9.84 Å². The Balaban J connectivity index is 2.06. The van der Waals surface area contributed by atoms with Crippen molar-refractivity contribution in [1.29, 1.82) is 0 Å². The Morgan fingerprint density at radius 1 is 1.47 bits per heavy atom. The van der Waals surface area contributed by atoms with E-state index in [1.807, 2.05) is 19.2 Å². The van der Waals surface area contributed by atoms with Gasteiger partial charge in [-0.25, -0.2) is 4.79 Å². The second-order valence-electron chi connectivity index (χ2n) is 4.23. The highest BCUT2D eigenvalue weighted by atomic mass is 16.5. The summed E-state index contributed by atoms with van der Waals surface area (Å²) in [6.45, 7) is 3.23. The van der Waals surface area contributed by atoms with Crippen LogP contribution in [0.2, 0.25) is 0 Å². The van der Waals surface area contributed by atoms with E-state index in [9.17, 15) is 4.79 Å². The van der Waals surface area contributed by atoms with Gasteiger partial charge in [-0.3, -0.25) is 4.68 Å². The first-order valence-corrected chi connectivity index (χ1v) is 6.16. The van der Waals surface area contributed by atoms with Crippen LogP contribution in [0.3, 0.4) is 0 Å². The Labute approximate surface area is 111 Å². The van der Waals surface area contributed by atoms with E-state index in [0.29, 0.717) is 13.2 Å². The molecule has 0 bridgehead atoms. The summed E-state index contributed by atoms with van der Waals surface area (Å²) in [4.78, 5) is 10.9. The van der Waals surface area contributed by atoms with Gasteiger partial charge in [0, 0.05) is 0 Å². The fourth-order valence-corrected chi connectivity index (χ4v) is 1.72. The second kappa shape index (κ2) is 6.04. The lowest BCUT2D eigenvalue weighted by molar-refractivity contribution is 0.0696. The van der Waals surface area contributed by atoms with Crippen LogP contribution in [0.15, 0.2) is 36.7 Å². The number of aromatic carboxylic acids is 1. The quantitative estimate of drug-likeness (QED) is 0.866. The van der Waals surface area contributed by atoms with Gasteiger partial charge in [-0.05, 0) is 24.1 Å². The van der Waals surface area contributed by atoms with Crippen molar-refractivity contribution in [3.63, 3.8) is 0 Å². The molecule has 5 nitrogen and oxygen atoms in total. The molecule has 2 aromatic rings. The summed E-state index contributed by atoms with van der Waals surface area (Å²) in [5, 5.41) is 13.1. The number of hydrogen-bond acceptors (Lipinski definition) is 3. The van der Waals surface area contributed by atoms with Crippen molar-refractivity contribution in [3.8, 4) is 5.75 Å². The van der Waals surface area contributed by atoms with E-state index in [2.05, 4.69) is 5.10 Å². The Morgan fingerprint density at radius 2 is 2.32 bits per heavy atom. The van der Waals surface area contributed by atoms with Crippen LogP contribution >= 0.6 is 0 Å². The van der Waals surface area contributed by atoms with Gasteiger partial charge in [0.05, 0.1) is 31.1 Å². The molecule has 0 aliphatic heterocycles. The van der Waals surface area contributed by atoms with Gasteiger partial charge in [-0.2, -0.15) is 5.10 Å². The van der Waals surface area contributed by atoms with E-state index in [4.69, 9.17) is 9.84 Å². The maximum Gasteiger partial charge on any atom is 0.335 e. The third-order valence-electron chi connectivity index (χ3n) is 2.60. The Hall–Kier alpha value is -2.30. The molecule has 0 fully saturated rings. The zero-order valence-corrected chi connectivity index (χ0v) is 10.7. The molecular weight excluding hydrogens is 244 g/mol. The highest BCUT2D eigenvalue weighted by Crippen LogP contribution is 2.12. The lowest BCUT2D eigenvalue weighted by atomic mass is 10.1. The van der Waals surface area contributed by atoms with Crippen LogP contribution in [0.25, 0.3) is 0 Å². The number of carboxylic acids is 1. The molecule has 0 aliphatic carbocycles. The number of rotatable bonds is 6. The fraction of sp³-hybridized carbons (Fsp3) is 0.286. The number of benzene rings is 1. The van der Waals surface area contributed by atoms with Crippen molar-refractivity contribution in [2.45, 2.75) is 19.9 Å². The minimum Gasteiger partial charge on any atom is -0.490 e. The van der Waals surface area contributed by atoms with Crippen molar-refractivity contribution >= 4 is 5.97 Å². The molecular formula is C14H16N2O3. The molecule has 0 radical (unpaired) electrons. The number of aromatic nitrogens is 2. The van der Waals surface area contributed by atoms with Crippen LogP contribution in [-0.4, -0.2) is 27.5 Å². The van der Waals surface area contributed by atoms with E-state index in [1.54, 1.807) is 29.1 Å². The van der Waals surface area contributed by atoms with Crippen molar-refractivity contribution < 1.29 is 14.6 Å². The molecule has 0 saturated carbocycles. The van der Waals surface area contributed by atoms with Gasteiger partial charge >= 0.3 is 5.97 Å². The van der Waals surface area contributed by atoms with E-state index in [-0.39, 0.29) is 5.56 Å². The number of nitrogens with zero attached hydrogens (tertiary/aromatic N) is 2. The van der Waals surface area contributed by atoms with Crippen LogP contribution in [0.4, 0.5) is 0 Å². The third kappa shape index (κ3) is 3.58. The molecule has 0 unspecified atom stereocenters. The Kier molecular flexibility index (Phi) is 4.18. The van der Waals surface area contributed by atoms with Crippen LogP contribution in [0.1, 0.15) is 29.3 Å². The summed E-state index contributed by atoms with van der Waals surface area (Å²) in [6.07, 6.45) is 4.42. The predicted octanol–water partition coefficient (Wildman–Crippen LogP) is 2.42. The van der Waals surface area contributed by atoms with Crippen LogP contribution < -0.4 is 4.74 Å². The van der Waals surface area contributed by atoms with Gasteiger partial charge in [-0.1, -0.05) is 19.1 Å². The average molecular weight is 260 g/mol. The molecule has 0 amide bonds. The molecule has 0 saturated heterocycles. The minimum absolute atomic E-state index is 0.284. The first kappa shape index (κ1) is 13.1. The summed E-state index contributed by atoms with van der Waals surface area (Å²) in [5.74, 6) is -0.189. The maximum atomic E-state index is 10.9. The molecule has 5 heteroatoms. The molecule has 0 atom stereocenters. The zero-order valence-electron chi connectivity index (χ0n) is 10.7. The first-order chi connectivity index (χ1) is 9.19. The molecule has 100 valence electrons. The largest absolute Gasteiger partial charge is 0.490 e. The second-order valence-corrected chi connectivity index (χ2v) is 4.23. The molecule has 19 heavy (non-hydrogen) atoms. The molecule has 0 spiro atoms. The summed E-state index contributed by atoms with van der Waals surface area (Å²) < 4.78 is 7.19. The van der Waals surface area contributed by atoms with Gasteiger partial charge in [0.2, 0.25) is 0 Å². The van der Waals surface area contributed by atoms with Crippen molar-refractivity contribution in [2.75, 3.05) is 6.61 Å². The maximum absolute atomic E-state index is 10.9. The lowest BCUT2D eigenvalue weighted by Gasteiger charge is -2.03. The van der Waals surface area contributed by atoms with Crippen LogP contribution in [0.5, 0.6) is 5.75 Å². The van der Waals surface area contributed by atoms with Gasteiger partial charge in [0.1, 0.15) is 0 Å². The summed E-state index contributed by atoms with van der Waals surface area (Å²) in [5.41, 5.74) is 1.18. The standard InChI is InChI=1S/C14H16N2O3/c1-2-6-19-13-8-15-16(10-13)9-11-4-3-5-12(7-11)14(17)18/h3-5,7-8,10H,2,6,9H2,1H3,(H,17,18). The predicted molar refractivity (Wildman–Crippen MR) is 70.5 cm³/mol. The average Bonchev–Trinajstić information content (AvgIpc) is 2.84. The summed E-state index contributed by atoms with van der Waals surface area (Å²) in [6, 6.07) is 6.83. The van der Waals surface area contributed by atoms with E-state index in [1.165, 1.54) is 0 Å². The van der Waals surface area contributed by atoms with E-state index >= 15 is 0 Å².